The molecule has 1 aromatic carbocycles. The fourth-order valence-corrected chi connectivity index (χ4v) is 1.62. The maximum absolute atomic E-state index is 10.5. The summed E-state index contributed by atoms with van der Waals surface area (Å²) in [5.41, 5.74) is 6.17. The monoisotopic (exact) mass is 285 g/mol. The second kappa shape index (κ2) is 6.24. The Balaban J connectivity index is 2.68. The summed E-state index contributed by atoms with van der Waals surface area (Å²) in [4.78, 5) is 10.1. The van der Waals surface area contributed by atoms with Gasteiger partial charge in [0.25, 0.3) is 5.69 Å². The second-order valence-electron chi connectivity index (χ2n) is 3.01. The molecular formula is C10H12BrN3O2. The highest BCUT2D eigenvalue weighted by Gasteiger charge is 2.07. The molecule has 0 aromatic heterocycles. The Morgan fingerprint density at radius 3 is 2.81 bits per heavy atom. The molecule has 0 saturated carbocycles. The predicted molar refractivity (Wildman–Crippen MR) is 67.5 cm³/mol. The Labute approximate surface area is 102 Å². The Hall–Kier alpha value is -1.40. The molecular weight excluding hydrogens is 274 g/mol. The molecule has 0 aliphatic rings. The second-order valence-corrected chi connectivity index (χ2v) is 3.86. The van der Waals surface area contributed by atoms with Gasteiger partial charge in [-0.15, -0.1) is 0 Å². The first-order valence-electron chi connectivity index (χ1n) is 4.68. The molecule has 16 heavy (non-hydrogen) atoms. The number of halogens is 1. The standard InChI is InChI=1S/C10H12BrN3O2/c11-9-7-8(14(15)16)3-4-10(9)13-6-2-1-5-12/h1-4,7,13H,5-6,12H2/b2-1+. The van der Waals surface area contributed by atoms with Crippen molar-refractivity contribution in [1.82, 2.24) is 0 Å². The van der Waals surface area contributed by atoms with Gasteiger partial charge in [0.15, 0.2) is 0 Å². The number of hydrogen-bond donors (Lipinski definition) is 2. The molecule has 1 rings (SSSR count). The third-order valence-corrected chi connectivity index (χ3v) is 2.53. The van der Waals surface area contributed by atoms with Crippen LogP contribution in [0.3, 0.4) is 0 Å². The number of nitro groups is 1. The van der Waals surface area contributed by atoms with Crippen molar-refractivity contribution in [3.63, 3.8) is 0 Å². The summed E-state index contributed by atoms with van der Waals surface area (Å²) in [7, 11) is 0. The summed E-state index contributed by atoms with van der Waals surface area (Å²) in [6.45, 7) is 1.14. The number of nitrogens with zero attached hydrogens (tertiary/aromatic N) is 1. The lowest BCUT2D eigenvalue weighted by atomic mass is 10.3. The Kier molecular flexibility index (Phi) is 4.94. The highest BCUT2D eigenvalue weighted by Crippen LogP contribution is 2.26. The fraction of sp³-hybridized carbons (Fsp3) is 0.200. The minimum atomic E-state index is -0.428. The van der Waals surface area contributed by atoms with E-state index in [4.69, 9.17) is 5.73 Å². The largest absolute Gasteiger partial charge is 0.381 e. The molecule has 0 unspecified atom stereocenters. The van der Waals surface area contributed by atoms with Crippen LogP contribution in [-0.4, -0.2) is 18.0 Å². The van der Waals surface area contributed by atoms with Crippen molar-refractivity contribution < 1.29 is 4.92 Å². The molecule has 5 nitrogen and oxygen atoms in total. The fourth-order valence-electron chi connectivity index (χ4n) is 1.11. The molecule has 0 aliphatic heterocycles. The van der Waals surface area contributed by atoms with Crippen LogP contribution < -0.4 is 11.1 Å². The number of benzene rings is 1. The Morgan fingerprint density at radius 2 is 2.25 bits per heavy atom. The summed E-state index contributed by atoms with van der Waals surface area (Å²) in [6.07, 6.45) is 3.74. The number of nitrogens with two attached hydrogens (primary N) is 1. The normalized spacial score (nSPS) is 10.6. The lowest BCUT2D eigenvalue weighted by molar-refractivity contribution is -0.384. The van der Waals surface area contributed by atoms with Gasteiger partial charge in [-0.25, -0.2) is 0 Å². The third-order valence-electron chi connectivity index (χ3n) is 1.88. The number of nitrogens with one attached hydrogen (secondary N) is 1. The summed E-state index contributed by atoms with van der Waals surface area (Å²) in [5, 5.41) is 13.6. The topological polar surface area (TPSA) is 81.2 Å². The zero-order valence-corrected chi connectivity index (χ0v) is 10.1. The maximum Gasteiger partial charge on any atom is 0.270 e. The average Bonchev–Trinajstić information content (AvgIpc) is 2.26. The quantitative estimate of drug-likeness (QED) is 0.494. The van der Waals surface area contributed by atoms with E-state index in [0.717, 1.165) is 5.69 Å². The van der Waals surface area contributed by atoms with Gasteiger partial charge in [-0.2, -0.15) is 0 Å². The Morgan fingerprint density at radius 1 is 1.50 bits per heavy atom. The number of anilines is 1. The summed E-state index contributed by atoms with van der Waals surface area (Å²) >= 11 is 3.27. The van der Waals surface area contributed by atoms with E-state index in [9.17, 15) is 10.1 Å². The summed E-state index contributed by atoms with van der Waals surface area (Å²) in [6, 6.07) is 4.59. The van der Waals surface area contributed by atoms with Gasteiger partial charge in [-0.3, -0.25) is 10.1 Å². The number of hydrogen-bond acceptors (Lipinski definition) is 4. The summed E-state index contributed by atoms with van der Waals surface area (Å²) in [5.74, 6) is 0. The first-order chi connectivity index (χ1) is 7.65. The molecule has 0 bridgehead atoms. The maximum atomic E-state index is 10.5. The highest BCUT2D eigenvalue weighted by molar-refractivity contribution is 9.10. The average molecular weight is 286 g/mol. The molecule has 0 amide bonds. The van der Waals surface area contributed by atoms with E-state index < -0.39 is 4.92 Å². The SMILES string of the molecule is NC/C=C/CNc1ccc([N+](=O)[O-])cc1Br. The van der Waals surface area contributed by atoms with Crippen LogP contribution in [0.1, 0.15) is 0 Å². The molecule has 0 fully saturated rings. The first-order valence-corrected chi connectivity index (χ1v) is 5.47. The van der Waals surface area contributed by atoms with Crippen LogP contribution in [0.4, 0.5) is 11.4 Å². The van der Waals surface area contributed by atoms with E-state index >= 15 is 0 Å². The molecule has 1 aromatic rings. The zero-order valence-electron chi connectivity index (χ0n) is 8.52. The van der Waals surface area contributed by atoms with Gasteiger partial charge in [0.1, 0.15) is 0 Å². The molecule has 0 atom stereocenters. The van der Waals surface area contributed by atoms with Crippen LogP contribution >= 0.6 is 15.9 Å². The van der Waals surface area contributed by atoms with E-state index in [1.54, 1.807) is 6.07 Å². The Bertz CT molecular complexity index is 407. The molecule has 3 N–H and O–H groups in total. The highest BCUT2D eigenvalue weighted by atomic mass is 79.9. The molecule has 0 heterocycles. The van der Waals surface area contributed by atoms with Gasteiger partial charge in [-0.1, -0.05) is 12.2 Å². The van der Waals surface area contributed by atoms with Crippen LogP contribution in [0.15, 0.2) is 34.8 Å². The smallest absolute Gasteiger partial charge is 0.270 e. The van der Waals surface area contributed by atoms with Crippen molar-refractivity contribution >= 4 is 27.3 Å². The lowest BCUT2D eigenvalue weighted by Crippen LogP contribution is -2.01. The van der Waals surface area contributed by atoms with Crippen molar-refractivity contribution in [2.45, 2.75) is 0 Å². The van der Waals surface area contributed by atoms with Gasteiger partial charge in [0.05, 0.1) is 4.92 Å². The third kappa shape index (κ3) is 3.63. The zero-order chi connectivity index (χ0) is 12.0. The van der Waals surface area contributed by atoms with Crippen LogP contribution in [0.2, 0.25) is 0 Å². The number of non-ortho nitro benzene ring substituents is 1. The van der Waals surface area contributed by atoms with E-state index in [-0.39, 0.29) is 5.69 Å². The molecule has 0 radical (unpaired) electrons. The lowest BCUT2D eigenvalue weighted by Gasteiger charge is -2.05. The van der Waals surface area contributed by atoms with Crippen molar-refractivity contribution in [2.75, 3.05) is 18.4 Å². The van der Waals surface area contributed by atoms with Crippen LogP contribution in [0.25, 0.3) is 0 Å². The van der Waals surface area contributed by atoms with Gasteiger partial charge < -0.3 is 11.1 Å². The van der Waals surface area contributed by atoms with Gasteiger partial charge >= 0.3 is 0 Å². The van der Waals surface area contributed by atoms with Gasteiger partial charge in [0, 0.05) is 35.4 Å². The van der Waals surface area contributed by atoms with Crippen molar-refractivity contribution in [2.24, 2.45) is 5.73 Å². The number of rotatable bonds is 5. The summed E-state index contributed by atoms with van der Waals surface area (Å²) < 4.78 is 0.669. The van der Waals surface area contributed by atoms with E-state index in [0.29, 0.717) is 17.6 Å². The van der Waals surface area contributed by atoms with Crippen LogP contribution in [0, 0.1) is 10.1 Å². The first kappa shape index (κ1) is 12.7. The van der Waals surface area contributed by atoms with Crippen molar-refractivity contribution in [3.8, 4) is 0 Å². The van der Waals surface area contributed by atoms with Crippen molar-refractivity contribution in [3.05, 3.63) is 44.9 Å². The van der Waals surface area contributed by atoms with Crippen LogP contribution in [-0.2, 0) is 0 Å². The minimum Gasteiger partial charge on any atom is -0.381 e. The van der Waals surface area contributed by atoms with Gasteiger partial charge in [0.2, 0.25) is 0 Å². The molecule has 6 heteroatoms. The number of nitro benzene ring substituents is 1. The van der Waals surface area contributed by atoms with E-state index in [1.165, 1.54) is 12.1 Å². The van der Waals surface area contributed by atoms with E-state index in [1.807, 2.05) is 12.2 Å². The van der Waals surface area contributed by atoms with Crippen LogP contribution in [0.5, 0.6) is 0 Å². The predicted octanol–water partition coefficient (Wildman–Crippen LogP) is 2.28. The molecule has 86 valence electrons. The molecule has 0 saturated heterocycles. The van der Waals surface area contributed by atoms with Gasteiger partial charge in [-0.05, 0) is 22.0 Å². The molecule has 0 aliphatic carbocycles. The van der Waals surface area contributed by atoms with E-state index in [2.05, 4.69) is 21.2 Å². The minimum absolute atomic E-state index is 0.0647. The van der Waals surface area contributed by atoms with Crippen molar-refractivity contribution in [1.29, 1.82) is 0 Å². The molecule has 0 spiro atoms.